The molecule has 1 aromatic heterocycles. The van der Waals surface area contributed by atoms with Gasteiger partial charge < -0.3 is 0 Å². The highest BCUT2D eigenvalue weighted by Gasteiger charge is 1.96. The molecule has 0 aliphatic rings. The zero-order valence-corrected chi connectivity index (χ0v) is 9.10. The van der Waals surface area contributed by atoms with Crippen LogP contribution in [0.3, 0.4) is 0 Å². The molecule has 15 heavy (non-hydrogen) atoms. The molecule has 0 aliphatic heterocycles. The fraction of sp³-hybridized carbons (Fsp3) is 0.154. The summed E-state index contributed by atoms with van der Waals surface area (Å²) in [6.07, 6.45) is 9.09. The lowest BCUT2D eigenvalue weighted by Crippen LogP contribution is -2.16. The second-order valence-corrected chi connectivity index (χ2v) is 3.34. The lowest BCUT2D eigenvalue weighted by Gasteiger charge is -2.05. The fourth-order valence-electron chi connectivity index (χ4n) is 1.22. The van der Waals surface area contributed by atoms with E-state index < -0.39 is 0 Å². The molecule has 0 amide bonds. The first kappa shape index (κ1) is 11.2. The Morgan fingerprint density at radius 2 is 2.13 bits per heavy atom. The Morgan fingerprint density at radius 3 is 2.80 bits per heavy atom. The number of rotatable bonds is 3. The summed E-state index contributed by atoms with van der Waals surface area (Å²) >= 11 is 0. The molecule has 0 aromatic carbocycles. The van der Waals surface area contributed by atoms with Gasteiger partial charge >= 0.3 is 0 Å². The van der Waals surface area contributed by atoms with E-state index in [1.807, 2.05) is 44.3 Å². The minimum atomic E-state index is -0.0126. The predicted molar refractivity (Wildman–Crippen MR) is 64.7 cm³/mol. The van der Waals surface area contributed by atoms with E-state index >= 15 is 0 Å². The highest BCUT2D eigenvalue weighted by molar-refractivity contribution is 5.46. The summed E-state index contributed by atoms with van der Waals surface area (Å²) < 4.78 is 1.63. The number of nitrogens with zero attached hydrogens (tertiary/aromatic N) is 1. The first-order valence-corrected chi connectivity index (χ1v) is 4.81. The molecule has 2 nitrogen and oxygen atoms in total. The maximum atomic E-state index is 11.5. The number of allylic oxidation sites excluding steroid dienone is 5. The molecule has 1 rings (SSSR count). The van der Waals surface area contributed by atoms with Crippen LogP contribution in [0.4, 0.5) is 0 Å². The smallest absolute Gasteiger partial charge is 0.254 e. The van der Waals surface area contributed by atoms with Crippen LogP contribution in [0.5, 0.6) is 0 Å². The van der Waals surface area contributed by atoms with E-state index in [-0.39, 0.29) is 5.56 Å². The van der Waals surface area contributed by atoms with Crippen LogP contribution >= 0.6 is 0 Å². The van der Waals surface area contributed by atoms with Gasteiger partial charge in [0.2, 0.25) is 0 Å². The zero-order valence-electron chi connectivity index (χ0n) is 9.10. The van der Waals surface area contributed by atoms with Crippen LogP contribution in [0.2, 0.25) is 0 Å². The van der Waals surface area contributed by atoms with Gasteiger partial charge in [-0.2, -0.15) is 0 Å². The molecule has 1 aromatic rings. The van der Waals surface area contributed by atoms with Crippen molar-refractivity contribution in [3.63, 3.8) is 0 Å². The van der Waals surface area contributed by atoms with E-state index in [1.165, 1.54) is 0 Å². The normalized spacial score (nSPS) is 12.0. The van der Waals surface area contributed by atoms with Crippen LogP contribution in [-0.2, 0) is 0 Å². The van der Waals surface area contributed by atoms with Gasteiger partial charge in [-0.25, -0.2) is 0 Å². The second kappa shape index (κ2) is 5.15. The standard InChI is InChI=1S/C13H15NO/c1-4-5-6-7-12(3)14-10-11(2)8-9-13(14)15/h4-10H,1H2,2-3H3/b6-5-,12-7+. The van der Waals surface area contributed by atoms with Crippen molar-refractivity contribution < 1.29 is 0 Å². The molecular weight excluding hydrogens is 186 g/mol. The molecule has 0 saturated heterocycles. The molecule has 0 fully saturated rings. The molecule has 1 heterocycles. The third-order valence-corrected chi connectivity index (χ3v) is 2.02. The number of aryl methyl sites for hydroxylation is 1. The van der Waals surface area contributed by atoms with Gasteiger partial charge in [0, 0.05) is 18.0 Å². The van der Waals surface area contributed by atoms with Gasteiger partial charge in [0.25, 0.3) is 5.56 Å². The van der Waals surface area contributed by atoms with Gasteiger partial charge in [0.05, 0.1) is 0 Å². The van der Waals surface area contributed by atoms with Crippen molar-refractivity contribution in [2.45, 2.75) is 13.8 Å². The topological polar surface area (TPSA) is 22.0 Å². The molecule has 78 valence electrons. The number of aromatic nitrogens is 1. The molecule has 0 spiro atoms. The fourth-order valence-corrected chi connectivity index (χ4v) is 1.22. The van der Waals surface area contributed by atoms with E-state index in [9.17, 15) is 4.79 Å². The Morgan fingerprint density at radius 1 is 1.40 bits per heavy atom. The van der Waals surface area contributed by atoms with Gasteiger partial charge in [-0.1, -0.05) is 30.9 Å². The van der Waals surface area contributed by atoms with Crippen LogP contribution in [0.1, 0.15) is 12.5 Å². The molecule has 0 aliphatic carbocycles. The Hall–Kier alpha value is -1.83. The van der Waals surface area contributed by atoms with Gasteiger partial charge in [-0.05, 0) is 25.5 Å². The highest BCUT2D eigenvalue weighted by Crippen LogP contribution is 2.02. The number of pyridine rings is 1. The average molecular weight is 201 g/mol. The quantitative estimate of drug-likeness (QED) is 0.689. The van der Waals surface area contributed by atoms with Crippen molar-refractivity contribution >= 4 is 5.70 Å². The molecule has 0 atom stereocenters. The maximum absolute atomic E-state index is 11.5. The predicted octanol–water partition coefficient (Wildman–Crippen LogP) is 2.76. The monoisotopic (exact) mass is 201 g/mol. The summed E-state index contributed by atoms with van der Waals surface area (Å²) in [6.45, 7) is 7.44. The third kappa shape index (κ3) is 3.09. The average Bonchev–Trinajstić information content (AvgIpc) is 2.22. The number of hydrogen-bond donors (Lipinski definition) is 0. The summed E-state index contributed by atoms with van der Waals surface area (Å²) in [5.41, 5.74) is 1.94. The zero-order chi connectivity index (χ0) is 11.3. The maximum Gasteiger partial charge on any atom is 0.254 e. The minimum absolute atomic E-state index is 0.0126. The van der Waals surface area contributed by atoms with Gasteiger partial charge in [-0.3, -0.25) is 9.36 Å². The molecule has 0 unspecified atom stereocenters. The van der Waals surface area contributed by atoms with Crippen molar-refractivity contribution in [1.82, 2.24) is 4.57 Å². The van der Waals surface area contributed by atoms with Gasteiger partial charge in [-0.15, -0.1) is 0 Å². The van der Waals surface area contributed by atoms with E-state index in [2.05, 4.69) is 6.58 Å². The Labute approximate surface area is 89.9 Å². The summed E-state index contributed by atoms with van der Waals surface area (Å²) in [6, 6.07) is 3.38. The van der Waals surface area contributed by atoms with Crippen LogP contribution in [0.15, 0.2) is 54.0 Å². The lowest BCUT2D eigenvalue weighted by molar-refractivity contribution is 0.992. The van der Waals surface area contributed by atoms with E-state index in [0.717, 1.165) is 11.3 Å². The Bertz CT molecular complexity index is 464. The summed E-state index contributed by atoms with van der Waals surface area (Å²) in [5.74, 6) is 0. The van der Waals surface area contributed by atoms with Crippen molar-refractivity contribution in [3.05, 3.63) is 65.1 Å². The van der Waals surface area contributed by atoms with Gasteiger partial charge in [0.1, 0.15) is 0 Å². The Kier molecular flexibility index (Phi) is 3.86. The molecule has 0 saturated carbocycles. The molecule has 0 bridgehead atoms. The third-order valence-electron chi connectivity index (χ3n) is 2.02. The molecule has 2 heteroatoms. The summed E-state index contributed by atoms with van der Waals surface area (Å²) in [7, 11) is 0. The first-order chi connectivity index (χ1) is 7.15. The number of hydrogen-bond acceptors (Lipinski definition) is 1. The van der Waals surface area contributed by atoms with Crippen molar-refractivity contribution in [2.24, 2.45) is 0 Å². The largest absolute Gasteiger partial charge is 0.288 e. The van der Waals surface area contributed by atoms with E-state index in [0.29, 0.717) is 0 Å². The van der Waals surface area contributed by atoms with E-state index in [4.69, 9.17) is 0 Å². The molecule has 0 N–H and O–H groups in total. The van der Waals surface area contributed by atoms with Gasteiger partial charge in [0.15, 0.2) is 0 Å². The van der Waals surface area contributed by atoms with Crippen LogP contribution in [0, 0.1) is 6.92 Å². The van der Waals surface area contributed by atoms with Crippen LogP contribution in [0.25, 0.3) is 5.70 Å². The van der Waals surface area contributed by atoms with E-state index in [1.54, 1.807) is 16.7 Å². The highest BCUT2D eigenvalue weighted by atomic mass is 16.1. The van der Waals surface area contributed by atoms with Crippen LogP contribution in [-0.4, -0.2) is 4.57 Å². The second-order valence-electron chi connectivity index (χ2n) is 3.34. The molecule has 0 radical (unpaired) electrons. The van der Waals surface area contributed by atoms with Crippen molar-refractivity contribution in [2.75, 3.05) is 0 Å². The lowest BCUT2D eigenvalue weighted by atomic mass is 10.3. The van der Waals surface area contributed by atoms with Crippen molar-refractivity contribution in [3.8, 4) is 0 Å². The van der Waals surface area contributed by atoms with Crippen molar-refractivity contribution in [1.29, 1.82) is 0 Å². The molecular formula is C13H15NO. The Balaban J connectivity index is 3.10. The summed E-state index contributed by atoms with van der Waals surface area (Å²) in [5, 5.41) is 0. The van der Waals surface area contributed by atoms with Crippen LogP contribution < -0.4 is 5.56 Å². The SMILES string of the molecule is C=C/C=C\C=C(/C)n1cc(C)ccc1=O. The minimum Gasteiger partial charge on any atom is -0.288 e. The first-order valence-electron chi connectivity index (χ1n) is 4.81. The summed E-state index contributed by atoms with van der Waals surface area (Å²) in [4.78, 5) is 11.5.